The van der Waals surface area contributed by atoms with E-state index in [9.17, 15) is 18.0 Å². The van der Waals surface area contributed by atoms with Gasteiger partial charge in [-0.3, -0.25) is 4.79 Å². The molecule has 1 aliphatic rings. The first-order valence-corrected chi connectivity index (χ1v) is 9.33. The predicted octanol–water partition coefficient (Wildman–Crippen LogP) is 5.26. The average molecular weight is 475 g/mol. The Bertz CT molecular complexity index is 863. The van der Waals surface area contributed by atoms with Crippen LogP contribution in [0.4, 0.5) is 13.2 Å². The number of allylic oxidation sites excluding steroid dienone is 1. The van der Waals surface area contributed by atoms with Crippen LogP contribution in [0, 0.1) is 3.57 Å². The second kappa shape index (κ2) is 7.03. The predicted molar refractivity (Wildman–Crippen MR) is 102 cm³/mol. The Kier molecular flexibility index (Phi) is 5.15. The van der Waals surface area contributed by atoms with Crippen molar-refractivity contribution >= 4 is 45.7 Å². The molecule has 1 heterocycles. The van der Waals surface area contributed by atoms with Gasteiger partial charge in [-0.15, -0.1) is 0 Å². The molecule has 3 rings (SSSR count). The summed E-state index contributed by atoms with van der Waals surface area (Å²) in [7, 11) is 1.67. The van der Waals surface area contributed by atoms with Crippen molar-refractivity contribution in [3.05, 3.63) is 73.8 Å². The molecule has 0 saturated carbocycles. The summed E-state index contributed by atoms with van der Waals surface area (Å²) in [6.07, 6.45) is -4.44. The molecule has 130 valence electrons. The van der Waals surface area contributed by atoms with Crippen LogP contribution >= 0.6 is 34.4 Å². The van der Waals surface area contributed by atoms with Crippen molar-refractivity contribution in [2.75, 3.05) is 7.05 Å². The Labute approximate surface area is 161 Å². The molecule has 25 heavy (non-hydrogen) atoms. The first-order chi connectivity index (χ1) is 11.8. The highest BCUT2D eigenvalue weighted by atomic mass is 127. The van der Waals surface area contributed by atoms with E-state index in [4.69, 9.17) is 0 Å². The largest absolute Gasteiger partial charge is 0.416 e. The van der Waals surface area contributed by atoms with Gasteiger partial charge in [0.2, 0.25) is 0 Å². The lowest BCUT2D eigenvalue weighted by molar-refractivity contribution is -0.137. The Balaban J connectivity index is 2.02. The lowest BCUT2D eigenvalue weighted by atomic mass is 9.96. The fraction of sp³-hybridized carbons (Fsp3) is 0.167. The fourth-order valence-electron chi connectivity index (χ4n) is 2.67. The van der Waals surface area contributed by atoms with E-state index in [2.05, 4.69) is 27.9 Å². The molecule has 2 nitrogen and oxygen atoms in total. The Hall–Kier alpha value is -1.48. The van der Waals surface area contributed by atoms with Crippen LogP contribution in [0.3, 0.4) is 0 Å². The van der Waals surface area contributed by atoms with Gasteiger partial charge in [-0.2, -0.15) is 13.2 Å². The lowest BCUT2D eigenvalue weighted by Crippen LogP contribution is -2.10. The van der Waals surface area contributed by atoms with Gasteiger partial charge in [-0.1, -0.05) is 36.0 Å². The summed E-state index contributed by atoms with van der Waals surface area (Å²) in [6.45, 7) is 0. The summed E-state index contributed by atoms with van der Waals surface area (Å²) < 4.78 is 40.0. The molecule has 1 N–H and O–H groups in total. The number of benzene rings is 2. The van der Waals surface area contributed by atoms with E-state index in [0.29, 0.717) is 10.6 Å². The quantitative estimate of drug-likeness (QED) is 0.615. The van der Waals surface area contributed by atoms with Gasteiger partial charge in [-0.05, 0) is 58.0 Å². The van der Waals surface area contributed by atoms with Crippen LogP contribution in [-0.4, -0.2) is 12.8 Å². The van der Waals surface area contributed by atoms with Crippen LogP contribution in [0.25, 0.3) is 5.57 Å². The number of ketones is 1. The summed E-state index contributed by atoms with van der Waals surface area (Å²) in [4.78, 5) is 12.9. The molecule has 0 fully saturated rings. The van der Waals surface area contributed by atoms with Crippen LogP contribution in [-0.2, 0) is 11.0 Å². The normalized spacial score (nSPS) is 18.0. The number of carbonyl (C=O) groups is 1. The molecule has 1 aliphatic heterocycles. The molecule has 2 aromatic carbocycles. The zero-order valence-electron chi connectivity index (χ0n) is 13.0. The summed E-state index contributed by atoms with van der Waals surface area (Å²) in [6, 6.07) is 12.5. The lowest BCUT2D eigenvalue weighted by Gasteiger charge is -2.11. The number of halogens is 4. The first-order valence-electron chi connectivity index (χ1n) is 7.37. The monoisotopic (exact) mass is 475 g/mol. The number of rotatable bonds is 3. The van der Waals surface area contributed by atoms with Crippen LogP contribution in [0.1, 0.15) is 21.9 Å². The van der Waals surface area contributed by atoms with Gasteiger partial charge in [0, 0.05) is 10.6 Å². The van der Waals surface area contributed by atoms with E-state index >= 15 is 0 Å². The van der Waals surface area contributed by atoms with Gasteiger partial charge in [0.05, 0.1) is 21.4 Å². The van der Waals surface area contributed by atoms with Crippen molar-refractivity contribution in [2.45, 2.75) is 11.4 Å². The minimum absolute atomic E-state index is 0.185. The highest BCUT2D eigenvalue weighted by Gasteiger charge is 2.37. The molecular formula is C18H13F3INOS. The number of thioether (sulfide) groups is 1. The Morgan fingerprint density at radius 1 is 1.12 bits per heavy atom. The van der Waals surface area contributed by atoms with Crippen molar-refractivity contribution in [1.29, 1.82) is 0 Å². The number of Topliss-reactive ketones (excluding diaryl/α,β-unsaturated/α-hetero) is 1. The molecule has 0 bridgehead atoms. The van der Waals surface area contributed by atoms with Crippen LogP contribution < -0.4 is 5.32 Å². The second-order valence-corrected chi connectivity index (χ2v) is 7.81. The fourth-order valence-corrected chi connectivity index (χ4v) is 4.44. The van der Waals surface area contributed by atoms with Gasteiger partial charge >= 0.3 is 6.18 Å². The number of hydrogen-bond acceptors (Lipinski definition) is 3. The van der Waals surface area contributed by atoms with Gasteiger partial charge in [-0.25, -0.2) is 0 Å². The smallest absolute Gasteiger partial charge is 0.382 e. The maximum atomic E-state index is 13.0. The molecular weight excluding hydrogens is 462 g/mol. The zero-order valence-corrected chi connectivity index (χ0v) is 16.0. The number of alkyl halides is 3. The standard InChI is InChI=1S/C18H13F3INOS/c1-23-17-14(10-4-2-6-12(8-10)18(19,20)21)15(24)16(25-17)11-5-3-7-13(22)9-11/h2-9,16,23H,1H3. The Morgan fingerprint density at radius 2 is 1.84 bits per heavy atom. The van der Waals surface area contributed by atoms with E-state index in [0.717, 1.165) is 21.3 Å². The van der Waals surface area contributed by atoms with Gasteiger partial charge in [0.15, 0.2) is 5.78 Å². The number of hydrogen-bond donors (Lipinski definition) is 1. The zero-order chi connectivity index (χ0) is 18.2. The minimum Gasteiger partial charge on any atom is -0.382 e. The maximum absolute atomic E-state index is 13.0. The highest BCUT2D eigenvalue weighted by Crippen LogP contribution is 2.47. The topological polar surface area (TPSA) is 29.1 Å². The van der Waals surface area contributed by atoms with E-state index < -0.39 is 17.0 Å². The maximum Gasteiger partial charge on any atom is 0.416 e. The molecule has 0 aliphatic carbocycles. The van der Waals surface area contributed by atoms with Crippen LogP contribution in [0.2, 0.25) is 0 Å². The minimum atomic E-state index is -4.44. The highest BCUT2D eigenvalue weighted by molar-refractivity contribution is 14.1. The van der Waals surface area contributed by atoms with Gasteiger partial charge in [0.25, 0.3) is 0 Å². The molecule has 0 spiro atoms. The van der Waals surface area contributed by atoms with Crippen molar-refractivity contribution < 1.29 is 18.0 Å². The first kappa shape index (κ1) is 18.3. The summed E-state index contributed by atoms with van der Waals surface area (Å²) in [5.41, 5.74) is 0.673. The van der Waals surface area contributed by atoms with Crippen molar-refractivity contribution in [3.8, 4) is 0 Å². The summed E-state index contributed by atoms with van der Waals surface area (Å²) >= 11 is 3.50. The molecule has 1 atom stereocenters. The van der Waals surface area contributed by atoms with Crippen molar-refractivity contribution in [3.63, 3.8) is 0 Å². The van der Waals surface area contributed by atoms with Crippen molar-refractivity contribution in [1.82, 2.24) is 5.32 Å². The van der Waals surface area contributed by atoms with Crippen LogP contribution in [0.15, 0.2) is 53.6 Å². The summed E-state index contributed by atoms with van der Waals surface area (Å²) in [5.74, 6) is -0.185. The molecule has 0 saturated heterocycles. The average Bonchev–Trinajstić information content (AvgIpc) is 2.91. The van der Waals surface area contributed by atoms with Gasteiger partial charge in [0.1, 0.15) is 0 Å². The third-order valence-corrected chi connectivity index (χ3v) is 5.84. The molecule has 0 aromatic heterocycles. The number of nitrogens with one attached hydrogen (secondary N) is 1. The van der Waals surface area contributed by atoms with E-state index in [1.54, 1.807) is 7.05 Å². The third kappa shape index (κ3) is 3.72. The van der Waals surface area contributed by atoms with Crippen LogP contribution in [0.5, 0.6) is 0 Å². The van der Waals surface area contributed by atoms with Gasteiger partial charge < -0.3 is 5.32 Å². The van der Waals surface area contributed by atoms with E-state index in [1.165, 1.54) is 23.9 Å². The van der Waals surface area contributed by atoms with E-state index in [-0.39, 0.29) is 11.3 Å². The van der Waals surface area contributed by atoms with E-state index in [1.807, 2.05) is 24.3 Å². The van der Waals surface area contributed by atoms with Crippen molar-refractivity contribution in [2.24, 2.45) is 0 Å². The molecule has 2 aromatic rings. The number of carbonyl (C=O) groups excluding carboxylic acids is 1. The molecule has 0 amide bonds. The Morgan fingerprint density at radius 3 is 2.48 bits per heavy atom. The molecule has 0 radical (unpaired) electrons. The summed E-state index contributed by atoms with van der Waals surface area (Å²) in [5, 5.41) is 3.09. The molecule has 7 heteroatoms. The SMILES string of the molecule is CNC1=C(c2cccc(C(F)(F)F)c2)C(=O)C(c2cccc(I)c2)S1. The third-order valence-electron chi connectivity index (χ3n) is 3.80. The second-order valence-electron chi connectivity index (χ2n) is 5.45. The molecule has 1 unspecified atom stereocenters.